The van der Waals surface area contributed by atoms with Crippen molar-refractivity contribution in [2.75, 3.05) is 0 Å². The van der Waals surface area contributed by atoms with Gasteiger partial charge in [0.25, 0.3) is 0 Å². The summed E-state index contributed by atoms with van der Waals surface area (Å²) in [7, 11) is 0. The van der Waals surface area contributed by atoms with Crippen molar-refractivity contribution in [3.8, 4) is 0 Å². The SMILES string of the molecule is Cc1ccc(CC(=O)c2csc(I)c2)cc1. The first-order valence-electron chi connectivity index (χ1n) is 4.98. The number of hydrogen-bond donors (Lipinski definition) is 0. The summed E-state index contributed by atoms with van der Waals surface area (Å²) in [5.74, 6) is 0.197. The van der Waals surface area contributed by atoms with Gasteiger partial charge in [0.05, 0.1) is 2.88 Å². The van der Waals surface area contributed by atoms with E-state index in [0.29, 0.717) is 6.42 Å². The maximum atomic E-state index is 11.9. The van der Waals surface area contributed by atoms with Gasteiger partial charge in [-0.25, -0.2) is 0 Å². The largest absolute Gasteiger partial charge is 0.294 e. The van der Waals surface area contributed by atoms with E-state index in [1.54, 1.807) is 11.3 Å². The monoisotopic (exact) mass is 342 g/mol. The highest BCUT2D eigenvalue weighted by Gasteiger charge is 2.08. The number of aryl methyl sites for hydroxylation is 1. The van der Waals surface area contributed by atoms with Gasteiger partial charge in [-0.05, 0) is 41.1 Å². The Labute approximate surface area is 113 Å². The number of ketones is 1. The van der Waals surface area contributed by atoms with E-state index >= 15 is 0 Å². The van der Waals surface area contributed by atoms with Crippen LogP contribution >= 0.6 is 33.9 Å². The van der Waals surface area contributed by atoms with Crippen LogP contribution < -0.4 is 0 Å². The lowest BCUT2D eigenvalue weighted by molar-refractivity contribution is 0.0993. The molecule has 0 atom stereocenters. The Morgan fingerprint density at radius 2 is 2.00 bits per heavy atom. The molecule has 0 amide bonds. The van der Waals surface area contributed by atoms with Crippen molar-refractivity contribution in [2.24, 2.45) is 0 Å². The fourth-order valence-corrected chi connectivity index (χ4v) is 2.80. The second-order valence-corrected chi connectivity index (χ2v) is 6.53. The van der Waals surface area contributed by atoms with E-state index in [9.17, 15) is 4.79 Å². The van der Waals surface area contributed by atoms with Gasteiger partial charge in [0.1, 0.15) is 0 Å². The van der Waals surface area contributed by atoms with Gasteiger partial charge in [-0.15, -0.1) is 11.3 Å². The minimum Gasteiger partial charge on any atom is -0.294 e. The number of hydrogen-bond acceptors (Lipinski definition) is 2. The molecule has 1 aromatic carbocycles. The van der Waals surface area contributed by atoms with Crippen LogP contribution in [-0.2, 0) is 6.42 Å². The lowest BCUT2D eigenvalue weighted by Gasteiger charge is -2.00. The van der Waals surface area contributed by atoms with Crippen LogP contribution in [0.4, 0.5) is 0 Å². The van der Waals surface area contributed by atoms with Crippen LogP contribution in [0.5, 0.6) is 0 Å². The first kappa shape index (κ1) is 11.8. The molecule has 1 aromatic heterocycles. The first-order valence-corrected chi connectivity index (χ1v) is 6.94. The van der Waals surface area contributed by atoms with Crippen LogP contribution in [0.25, 0.3) is 0 Å². The first-order chi connectivity index (χ1) is 7.65. The van der Waals surface area contributed by atoms with Gasteiger partial charge >= 0.3 is 0 Å². The van der Waals surface area contributed by atoms with Crippen molar-refractivity contribution < 1.29 is 4.79 Å². The van der Waals surface area contributed by atoms with Crippen molar-refractivity contribution in [1.82, 2.24) is 0 Å². The van der Waals surface area contributed by atoms with E-state index in [1.165, 1.54) is 5.56 Å². The summed E-state index contributed by atoms with van der Waals surface area (Å²) in [6, 6.07) is 10.1. The van der Waals surface area contributed by atoms with Crippen LogP contribution in [0.2, 0.25) is 0 Å². The second-order valence-electron chi connectivity index (χ2n) is 3.73. The van der Waals surface area contributed by atoms with Gasteiger partial charge in [0.15, 0.2) is 5.78 Å². The molecule has 0 N–H and O–H groups in total. The molecule has 0 bridgehead atoms. The highest BCUT2D eigenvalue weighted by Crippen LogP contribution is 2.18. The summed E-state index contributed by atoms with van der Waals surface area (Å²) in [5.41, 5.74) is 3.13. The molecular weight excluding hydrogens is 331 g/mol. The molecule has 82 valence electrons. The van der Waals surface area contributed by atoms with Crippen molar-refractivity contribution >= 4 is 39.7 Å². The number of halogens is 1. The van der Waals surface area contributed by atoms with Crippen LogP contribution in [0.1, 0.15) is 21.5 Å². The van der Waals surface area contributed by atoms with E-state index in [-0.39, 0.29) is 5.78 Å². The van der Waals surface area contributed by atoms with Crippen LogP contribution in [0.15, 0.2) is 35.7 Å². The van der Waals surface area contributed by atoms with Crippen molar-refractivity contribution in [3.05, 3.63) is 55.3 Å². The summed E-state index contributed by atoms with van der Waals surface area (Å²) in [4.78, 5) is 11.9. The third-order valence-corrected chi connectivity index (χ3v) is 4.16. The summed E-state index contributed by atoms with van der Waals surface area (Å²) < 4.78 is 1.16. The molecule has 0 saturated heterocycles. The molecule has 0 unspecified atom stereocenters. The number of rotatable bonds is 3. The molecule has 1 nitrogen and oxygen atoms in total. The number of benzene rings is 1. The van der Waals surface area contributed by atoms with Crippen LogP contribution in [0, 0.1) is 9.81 Å². The molecule has 0 radical (unpaired) electrons. The fraction of sp³-hybridized carbons (Fsp3) is 0.154. The number of Topliss-reactive ketones (excluding diaryl/α,β-unsaturated/α-hetero) is 1. The fourth-order valence-electron chi connectivity index (χ4n) is 1.45. The van der Waals surface area contributed by atoms with E-state index in [4.69, 9.17) is 0 Å². The van der Waals surface area contributed by atoms with Gasteiger partial charge in [-0.2, -0.15) is 0 Å². The molecule has 0 fully saturated rings. The molecule has 0 spiro atoms. The minimum atomic E-state index is 0.197. The zero-order valence-electron chi connectivity index (χ0n) is 8.87. The highest BCUT2D eigenvalue weighted by atomic mass is 127. The highest BCUT2D eigenvalue weighted by molar-refractivity contribution is 14.1. The maximum Gasteiger partial charge on any atom is 0.168 e. The van der Waals surface area contributed by atoms with Gasteiger partial charge in [0, 0.05) is 17.4 Å². The molecule has 3 heteroatoms. The Kier molecular flexibility index (Phi) is 3.76. The normalized spacial score (nSPS) is 10.4. The molecule has 0 aliphatic carbocycles. The van der Waals surface area contributed by atoms with E-state index in [0.717, 1.165) is 14.0 Å². The van der Waals surface area contributed by atoms with Gasteiger partial charge < -0.3 is 0 Å². The number of carbonyl (C=O) groups excluding carboxylic acids is 1. The molecule has 0 aliphatic rings. The van der Waals surface area contributed by atoms with Gasteiger partial charge in [-0.3, -0.25) is 4.79 Å². The van der Waals surface area contributed by atoms with Gasteiger partial charge in [-0.1, -0.05) is 29.8 Å². The summed E-state index contributed by atoms with van der Waals surface area (Å²) >= 11 is 3.85. The quantitative estimate of drug-likeness (QED) is 0.607. The Hall–Kier alpha value is -0.680. The third-order valence-electron chi connectivity index (χ3n) is 2.37. The predicted octanol–water partition coefficient (Wildman–Crippen LogP) is 4.09. The van der Waals surface area contributed by atoms with Crippen molar-refractivity contribution in [2.45, 2.75) is 13.3 Å². The Morgan fingerprint density at radius 1 is 1.31 bits per heavy atom. The minimum absolute atomic E-state index is 0.197. The lowest BCUT2D eigenvalue weighted by atomic mass is 10.0. The zero-order valence-corrected chi connectivity index (χ0v) is 11.8. The molecule has 2 aromatic rings. The van der Waals surface area contributed by atoms with Crippen molar-refractivity contribution in [1.29, 1.82) is 0 Å². The predicted molar refractivity (Wildman–Crippen MR) is 76.2 cm³/mol. The molecular formula is C13H11IOS. The molecule has 16 heavy (non-hydrogen) atoms. The average Bonchev–Trinajstić information content (AvgIpc) is 2.68. The number of thiophene rings is 1. The zero-order chi connectivity index (χ0) is 11.5. The summed E-state index contributed by atoms with van der Waals surface area (Å²) in [6.07, 6.45) is 0.493. The van der Waals surface area contributed by atoms with Gasteiger partial charge in [0.2, 0.25) is 0 Å². The topological polar surface area (TPSA) is 17.1 Å². The Morgan fingerprint density at radius 3 is 2.56 bits per heavy atom. The number of carbonyl (C=O) groups is 1. The van der Waals surface area contributed by atoms with Crippen LogP contribution in [0.3, 0.4) is 0 Å². The van der Waals surface area contributed by atoms with Crippen molar-refractivity contribution in [3.63, 3.8) is 0 Å². The Balaban J connectivity index is 2.10. The standard InChI is InChI=1S/C13H11IOS/c1-9-2-4-10(5-3-9)6-12(15)11-7-13(14)16-8-11/h2-5,7-8H,6H2,1H3. The smallest absolute Gasteiger partial charge is 0.168 e. The summed E-state index contributed by atoms with van der Waals surface area (Å²) in [5, 5.41) is 1.93. The average molecular weight is 342 g/mol. The maximum absolute atomic E-state index is 11.9. The molecule has 0 saturated carbocycles. The molecule has 1 heterocycles. The van der Waals surface area contributed by atoms with Crippen LogP contribution in [-0.4, -0.2) is 5.78 Å². The molecule has 2 rings (SSSR count). The second kappa shape index (κ2) is 5.10. The lowest BCUT2D eigenvalue weighted by Crippen LogP contribution is -2.01. The summed E-state index contributed by atoms with van der Waals surface area (Å²) in [6.45, 7) is 2.05. The Bertz CT molecular complexity index is 499. The third kappa shape index (κ3) is 2.92. The van der Waals surface area contributed by atoms with E-state index in [2.05, 4.69) is 22.6 Å². The van der Waals surface area contributed by atoms with E-state index in [1.807, 2.05) is 42.6 Å². The van der Waals surface area contributed by atoms with E-state index < -0.39 is 0 Å². The molecule has 0 aliphatic heterocycles.